The highest BCUT2D eigenvalue weighted by atomic mass is 32.1. The number of aromatic amines is 1. The summed E-state index contributed by atoms with van der Waals surface area (Å²) in [6.07, 6.45) is 0.203. The van der Waals surface area contributed by atoms with E-state index in [-0.39, 0.29) is 31.3 Å². The van der Waals surface area contributed by atoms with E-state index < -0.39 is 0 Å². The molecule has 2 aromatic rings. The van der Waals surface area contributed by atoms with Crippen molar-refractivity contribution >= 4 is 23.2 Å². The van der Waals surface area contributed by atoms with E-state index in [1.54, 1.807) is 12.1 Å². The Hall–Kier alpha value is -2.29. The van der Waals surface area contributed by atoms with E-state index in [2.05, 4.69) is 31.3 Å². The predicted molar refractivity (Wildman–Crippen MR) is 67.3 cm³/mol. The Balaban J connectivity index is 1.63. The fraction of sp³-hybridized carbons (Fsp3) is 0.300. The molecule has 100 valence electrons. The first-order chi connectivity index (χ1) is 9.25. The summed E-state index contributed by atoms with van der Waals surface area (Å²) >= 11 is 1.36. The van der Waals surface area contributed by atoms with Crippen LogP contribution in [-0.2, 0) is 11.3 Å². The molecule has 0 saturated carbocycles. The number of H-pyrrole nitrogens is 1. The van der Waals surface area contributed by atoms with Crippen LogP contribution in [0.2, 0.25) is 0 Å². The van der Waals surface area contributed by atoms with Gasteiger partial charge < -0.3 is 10.6 Å². The topological polar surface area (TPSA) is 113 Å². The molecule has 2 heterocycles. The average Bonchev–Trinajstić information content (AvgIpc) is 3.09. The third kappa shape index (κ3) is 4.14. The smallest absolute Gasteiger partial charge is 0.261 e. The maximum Gasteiger partial charge on any atom is 0.261 e. The highest BCUT2D eigenvalue weighted by Gasteiger charge is 2.07. The minimum Gasteiger partial charge on any atom is -0.351 e. The second-order valence-electron chi connectivity index (χ2n) is 3.59. The van der Waals surface area contributed by atoms with Crippen molar-refractivity contribution in [1.29, 1.82) is 0 Å². The Bertz CT molecular complexity index is 524. The van der Waals surface area contributed by atoms with E-state index in [4.69, 9.17) is 0 Å². The molecule has 9 heteroatoms. The van der Waals surface area contributed by atoms with Gasteiger partial charge in [0.25, 0.3) is 5.91 Å². The first-order valence-electron chi connectivity index (χ1n) is 5.56. The van der Waals surface area contributed by atoms with Crippen LogP contribution in [0.3, 0.4) is 0 Å². The Morgan fingerprint density at radius 1 is 1.37 bits per heavy atom. The first-order valence-corrected chi connectivity index (χ1v) is 6.44. The normalized spacial score (nSPS) is 10.1. The van der Waals surface area contributed by atoms with Gasteiger partial charge in [-0.1, -0.05) is 11.3 Å². The summed E-state index contributed by atoms with van der Waals surface area (Å²) < 4.78 is 0. The van der Waals surface area contributed by atoms with Gasteiger partial charge in [0, 0.05) is 13.0 Å². The van der Waals surface area contributed by atoms with Crippen molar-refractivity contribution in [2.75, 3.05) is 6.54 Å². The third-order valence-electron chi connectivity index (χ3n) is 2.22. The third-order valence-corrected chi connectivity index (χ3v) is 3.08. The van der Waals surface area contributed by atoms with Crippen molar-refractivity contribution in [2.45, 2.75) is 13.0 Å². The van der Waals surface area contributed by atoms with Gasteiger partial charge in [-0.15, -0.1) is 21.5 Å². The molecule has 2 rings (SSSR count). The molecule has 0 spiro atoms. The molecule has 8 nitrogen and oxygen atoms in total. The van der Waals surface area contributed by atoms with Crippen LogP contribution in [0.15, 0.2) is 17.5 Å². The summed E-state index contributed by atoms with van der Waals surface area (Å²) in [6.45, 7) is 0.503. The standard InChI is InChI=1S/C10H12N6O2S/c17-9(12-6-8-13-15-16-14-8)3-4-11-10(18)7-2-1-5-19-7/h1-2,5H,3-4,6H2,(H,11,18)(H,12,17)(H,13,14,15,16). The van der Waals surface area contributed by atoms with Gasteiger partial charge in [-0.2, -0.15) is 5.21 Å². The van der Waals surface area contributed by atoms with Gasteiger partial charge in [-0.3, -0.25) is 9.59 Å². The molecular weight excluding hydrogens is 268 g/mol. The fourth-order valence-corrected chi connectivity index (χ4v) is 1.95. The molecule has 0 saturated heterocycles. The van der Waals surface area contributed by atoms with E-state index in [1.165, 1.54) is 11.3 Å². The molecule has 0 fully saturated rings. The van der Waals surface area contributed by atoms with Crippen molar-refractivity contribution < 1.29 is 9.59 Å². The van der Waals surface area contributed by atoms with Gasteiger partial charge in [-0.25, -0.2) is 0 Å². The largest absolute Gasteiger partial charge is 0.351 e. The molecule has 0 aliphatic rings. The first kappa shape index (κ1) is 13.1. The van der Waals surface area contributed by atoms with Crippen molar-refractivity contribution in [3.63, 3.8) is 0 Å². The van der Waals surface area contributed by atoms with E-state index in [1.807, 2.05) is 5.38 Å². The zero-order valence-corrected chi connectivity index (χ0v) is 10.7. The number of nitrogens with zero attached hydrogens (tertiary/aromatic N) is 3. The molecule has 0 aliphatic carbocycles. The minimum absolute atomic E-state index is 0.166. The van der Waals surface area contributed by atoms with E-state index >= 15 is 0 Å². The fourth-order valence-electron chi connectivity index (χ4n) is 1.31. The predicted octanol–water partition coefficient (Wildman–Crippen LogP) is -0.302. The van der Waals surface area contributed by atoms with Gasteiger partial charge in [0.15, 0.2) is 5.82 Å². The lowest BCUT2D eigenvalue weighted by Gasteiger charge is -2.04. The van der Waals surface area contributed by atoms with Crippen molar-refractivity contribution in [3.05, 3.63) is 28.2 Å². The second-order valence-corrected chi connectivity index (χ2v) is 4.54. The van der Waals surface area contributed by atoms with Gasteiger partial charge in [0.1, 0.15) is 0 Å². The van der Waals surface area contributed by atoms with E-state index in [9.17, 15) is 9.59 Å². The molecule has 0 atom stereocenters. The van der Waals surface area contributed by atoms with E-state index in [0.717, 1.165) is 0 Å². The molecule has 0 aromatic carbocycles. The zero-order chi connectivity index (χ0) is 13.5. The Morgan fingerprint density at radius 2 is 2.26 bits per heavy atom. The monoisotopic (exact) mass is 280 g/mol. The lowest BCUT2D eigenvalue weighted by Crippen LogP contribution is -2.30. The number of carbonyl (C=O) groups excluding carboxylic acids is 2. The molecule has 0 bridgehead atoms. The van der Waals surface area contributed by atoms with Crippen LogP contribution in [0.1, 0.15) is 21.9 Å². The van der Waals surface area contributed by atoms with Gasteiger partial charge in [0.05, 0.1) is 11.4 Å². The van der Waals surface area contributed by atoms with Crippen molar-refractivity contribution in [2.24, 2.45) is 0 Å². The minimum atomic E-state index is -0.184. The van der Waals surface area contributed by atoms with E-state index in [0.29, 0.717) is 10.7 Å². The summed E-state index contributed by atoms with van der Waals surface area (Å²) in [5.74, 6) is 0.0632. The Kier molecular flexibility index (Phi) is 4.56. The van der Waals surface area contributed by atoms with Crippen LogP contribution >= 0.6 is 11.3 Å². The molecule has 0 unspecified atom stereocenters. The van der Waals surface area contributed by atoms with Crippen molar-refractivity contribution in [3.8, 4) is 0 Å². The number of thiophene rings is 1. The maximum atomic E-state index is 11.6. The van der Waals surface area contributed by atoms with Crippen molar-refractivity contribution in [1.82, 2.24) is 31.3 Å². The van der Waals surface area contributed by atoms with Crippen LogP contribution in [0.5, 0.6) is 0 Å². The van der Waals surface area contributed by atoms with Gasteiger partial charge in [-0.05, 0) is 11.4 Å². The molecule has 2 amide bonds. The van der Waals surface area contributed by atoms with Crippen LogP contribution in [0.25, 0.3) is 0 Å². The molecule has 19 heavy (non-hydrogen) atoms. The molecule has 0 aliphatic heterocycles. The number of hydrogen-bond acceptors (Lipinski definition) is 6. The number of amides is 2. The lowest BCUT2D eigenvalue weighted by atomic mass is 10.3. The average molecular weight is 280 g/mol. The summed E-state index contributed by atoms with van der Waals surface area (Å²) in [5.41, 5.74) is 0. The van der Waals surface area contributed by atoms with Crippen LogP contribution < -0.4 is 10.6 Å². The highest BCUT2D eigenvalue weighted by Crippen LogP contribution is 2.07. The number of nitrogens with one attached hydrogen (secondary N) is 3. The summed E-state index contributed by atoms with van der Waals surface area (Å²) in [5, 5.41) is 20.2. The zero-order valence-electron chi connectivity index (χ0n) is 9.92. The quantitative estimate of drug-likeness (QED) is 0.672. The summed E-state index contributed by atoms with van der Waals surface area (Å²) in [6, 6.07) is 3.54. The molecule has 2 aromatic heterocycles. The summed E-state index contributed by atoms with van der Waals surface area (Å²) in [4.78, 5) is 23.7. The Morgan fingerprint density at radius 3 is 2.95 bits per heavy atom. The number of hydrogen-bond donors (Lipinski definition) is 3. The highest BCUT2D eigenvalue weighted by molar-refractivity contribution is 7.12. The number of rotatable bonds is 6. The number of tetrazole rings is 1. The summed E-state index contributed by atoms with van der Waals surface area (Å²) in [7, 11) is 0. The Labute approximate surface area is 112 Å². The maximum absolute atomic E-state index is 11.6. The lowest BCUT2D eigenvalue weighted by molar-refractivity contribution is -0.121. The van der Waals surface area contributed by atoms with Crippen LogP contribution in [0, 0.1) is 0 Å². The number of carbonyl (C=O) groups is 2. The second kappa shape index (κ2) is 6.59. The van der Waals surface area contributed by atoms with Gasteiger partial charge >= 0.3 is 0 Å². The molecule has 0 radical (unpaired) electrons. The number of aromatic nitrogens is 4. The SMILES string of the molecule is O=C(CCNC(=O)c1cccs1)NCc1nn[nH]n1. The van der Waals surface area contributed by atoms with Gasteiger partial charge in [0.2, 0.25) is 5.91 Å². The van der Waals surface area contributed by atoms with Crippen LogP contribution in [0.4, 0.5) is 0 Å². The molecule has 3 N–H and O–H groups in total. The van der Waals surface area contributed by atoms with Crippen LogP contribution in [-0.4, -0.2) is 39.0 Å². The molecular formula is C10H12N6O2S.